The van der Waals surface area contributed by atoms with Crippen molar-refractivity contribution in [2.75, 3.05) is 20.0 Å². The SMILES string of the molecule is COc1cnc(Cn2cc(C3CCCCC3)c(=O)c3c(Cl)nc(N)nc32)cc1OC. The quantitative estimate of drug-likeness (QED) is 0.618. The van der Waals surface area contributed by atoms with E-state index in [1.807, 2.05) is 10.8 Å². The Hall–Kier alpha value is -2.87. The van der Waals surface area contributed by atoms with Gasteiger partial charge in [-0.05, 0) is 18.8 Å². The number of hydrogen-bond donors (Lipinski definition) is 1. The zero-order chi connectivity index (χ0) is 21.3. The molecule has 0 amide bonds. The average Bonchev–Trinajstić information content (AvgIpc) is 2.75. The highest BCUT2D eigenvalue weighted by molar-refractivity contribution is 6.34. The second-order valence-electron chi connectivity index (χ2n) is 7.48. The van der Waals surface area contributed by atoms with Crippen LogP contribution in [0.25, 0.3) is 11.0 Å². The molecule has 3 aromatic heterocycles. The minimum Gasteiger partial charge on any atom is -0.493 e. The number of pyridine rings is 2. The Morgan fingerprint density at radius 2 is 1.90 bits per heavy atom. The third-order valence-corrected chi connectivity index (χ3v) is 5.90. The normalized spacial score (nSPS) is 14.8. The Labute approximate surface area is 179 Å². The van der Waals surface area contributed by atoms with Crippen molar-refractivity contribution in [3.8, 4) is 11.5 Å². The number of fused-ring (bicyclic) bond motifs is 1. The maximum atomic E-state index is 13.3. The summed E-state index contributed by atoms with van der Waals surface area (Å²) >= 11 is 6.34. The predicted octanol–water partition coefficient (Wildman–Crippen LogP) is 3.54. The molecule has 0 atom stereocenters. The van der Waals surface area contributed by atoms with Crippen LogP contribution in [-0.4, -0.2) is 33.7 Å². The van der Waals surface area contributed by atoms with E-state index in [4.69, 9.17) is 26.8 Å². The van der Waals surface area contributed by atoms with E-state index in [0.29, 0.717) is 29.1 Å². The number of nitrogens with two attached hydrogens (primary N) is 1. The molecule has 0 aromatic carbocycles. The van der Waals surface area contributed by atoms with Gasteiger partial charge in [0.15, 0.2) is 22.6 Å². The summed E-state index contributed by atoms with van der Waals surface area (Å²) in [5, 5.41) is 0.378. The highest BCUT2D eigenvalue weighted by atomic mass is 35.5. The Morgan fingerprint density at radius 1 is 1.17 bits per heavy atom. The van der Waals surface area contributed by atoms with Crippen LogP contribution < -0.4 is 20.6 Å². The third-order valence-electron chi connectivity index (χ3n) is 5.62. The molecule has 1 fully saturated rings. The first-order chi connectivity index (χ1) is 14.5. The fraction of sp³-hybridized carbons (Fsp3) is 0.429. The Morgan fingerprint density at radius 3 is 2.60 bits per heavy atom. The van der Waals surface area contributed by atoms with Gasteiger partial charge in [-0.3, -0.25) is 9.78 Å². The van der Waals surface area contributed by atoms with Crippen molar-refractivity contribution in [2.45, 2.75) is 44.6 Å². The predicted molar refractivity (Wildman–Crippen MR) is 115 cm³/mol. The first-order valence-electron chi connectivity index (χ1n) is 9.94. The van der Waals surface area contributed by atoms with Crippen molar-refractivity contribution in [2.24, 2.45) is 0 Å². The summed E-state index contributed by atoms with van der Waals surface area (Å²) in [6, 6.07) is 1.80. The molecule has 0 aliphatic heterocycles. The van der Waals surface area contributed by atoms with Crippen LogP contribution in [0.2, 0.25) is 5.15 Å². The molecule has 0 radical (unpaired) electrons. The lowest BCUT2D eigenvalue weighted by molar-refractivity contribution is 0.352. The van der Waals surface area contributed by atoms with Crippen molar-refractivity contribution < 1.29 is 9.47 Å². The summed E-state index contributed by atoms with van der Waals surface area (Å²) in [4.78, 5) is 26.1. The minimum atomic E-state index is -0.113. The molecule has 2 N–H and O–H groups in total. The molecule has 4 rings (SSSR count). The van der Waals surface area contributed by atoms with Gasteiger partial charge in [0.25, 0.3) is 0 Å². The lowest BCUT2D eigenvalue weighted by Gasteiger charge is -2.23. The lowest BCUT2D eigenvalue weighted by atomic mass is 9.84. The first kappa shape index (κ1) is 20.4. The summed E-state index contributed by atoms with van der Waals surface area (Å²) < 4.78 is 12.5. The summed E-state index contributed by atoms with van der Waals surface area (Å²) in [5.41, 5.74) is 7.58. The molecule has 0 spiro atoms. The number of rotatable bonds is 5. The van der Waals surface area contributed by atoms with Crippen LogP contribution >= 0.6 is 11.6 Å². The Balaban J connectivity index is 1.87. The van der Waals surface area contributed by atoms with E-state index >= 15 is 0 Å². The van der Waals surface area contributed by atoms with Crippen LogP contribution in [-0.2, 0) is 6.54 Å². The van der Waals surface area contributed by atoms with Gasteiger partial charge in [0.2, 0.25) is 5.95 Å². The van der Waals surface area contributed by atoms with Gasteiger partial charge in [0, 0.05) is 17.8 Å². The fourth-order valence-electron chi connectivity index (χ4n) is 4.14. The van der Waals surface area contributed by atoms with E-state index < -0.39 is 0 Å². The second-order valence-corrected chi connectivity index (χ2v) is 7.84. The molecule has 0 bridgehead atoms. The standard InChI is InChI=1S/C21H24ClN5O3/c1-29-15-8-13(24-9-16(15)30-2)10-27-11-14(12-6-4-3-5-7-12)18(28)17-19(22)25-21(23)26-20(17)27/h8-9,11-12H,3-7,10H2,1-2H3,(H2,23,25,26). The van der Waals surface area contributed by atoms with Gasteiger partial charge in [-0.25, -0.2) is 4.98 Å². The number of nitrogens with zero attached hydrogens (tertiary/aromatic N) is 4. The Bertz CT molecular complexity index is 1140. The van der Waals surface area contributed by atoms with E-state index in [-0.39, 0.29) is 22.4 Å². The molecule has 30 heavy (non-hydrogen) atoms. The zero-order valence-electron chi connectivity index (χ0n) is 17.0. The number of halogens is 1. The third kappa shape index (κ3) is 3.79. The van der Waals surface area contributed by atoms with Crippen LogP contribution in [0.5, 0.6) is 11.5 Å². The zero-order valence-corrected chi connectivity index (χ0v) is 17.8. The van der Waals surface area contributed by atoms with Crippen molar-refractivity contribution in [3.05, 3.63) is 45.1 Å². The number of methoxy groups -OCH3 is 2. The van der Waals surface area contributed by atoms with Crippen LogP contribution in [0.3, 0.4) is 0 Å². The van der Waals surface area contributed by atoms with E-state index in [1.54, 1.807) is 26.5 Å². The van der Waals surface area contributed by atoms with E-state index in [1.165, 1.54) is 6.42 Å². The van der Waals surface area contributed by atoms with Crippen molar-refractivity contribution in [1.82, 2.24) is 19.5 Å². The van der Waals surface area contributed by atoms with Gasteiger partial charge in [-0.15, -0.1) is 0 Å². The van der Waals surface area contributed by atoms with E-state index in [9.17, 15) is 4.79 Å². The minimum absolute atomic E-state index is 0.0198. The van der Waals surface area contributed by atoms with E-state index in [2.05, 4.69) is 15.0 Å². The van der Waals surface area contributed by atoms with Crippen molar-refractivity contribution >= 4 is 28.6 Å². The molecule has 8 nitrogen and oxygen atoms in total. The van der Waals surface area contributed by atoms with Crippen molar-refractivity contribution in [1.29, 1.82) is 0 Å². The second kappa shape index (κ2) is 8.47. The van der Waals surface area contributed by atoms with E-state index in [0.717, 1.165) is 36.9 Å². The average molecular weight is 430 g/mol. The summed E-state index contributed by atoms with van der Waals surface area (Å²) in [7, 11) is 3.14. The number of aromatic nitrogens is 4. The maximum absolute atomic E-state index is 13.3. The van der Waals surface area contributed by atoms with Crippen LogP contribution in [0.1, 0.15) is 49.3 Å². The lowest BCUT2D eigenvalue weighted by Crippen LogP contribution is -2.21. The molecular formula is C21H24ClN5O3. The molecule has 1 saturated carbocycles. The summed E-state index contributed by atoms with van der Waals surface area (Å²) in [6.07, 6.45) is 8.90. The molecule has 9 heteroatoms. The molecule has 3 heterocycles. The number of hydrogen-bond acceptors (Lipinski definition) is 7. The van der Waals surface area contributed by atoms with Gasteiger partial charge < -0.3 is 19.8 Å². The summed E-state index contributed by atoms with van der Waals surface area (Å²) in [5.74, 6) is 1.34. The van der Waals surface area contributed by atoms with Gasteiger partial charge in [-0.1, -0.05) is 30.9 Å². The fourth-order valence-corrected chi connectivity index (χ4v) is 4.39. The van der Waals surface area contributed by atoms with Gasteiger partial charge in [-0.2, -0.15) is 4.98 Å². The molecule has 0 unspecified atom stereocenters. The highest BCUT2D eigenvalue weighted by Crippen LogP contribution is 2.33. The number of nitrogen functional groups attached to an aromatic ring is 1. The van der Waals surface area contributed by atoms with Crippen LogP contribution in [0, 0.1) is 0 Å². The number of anilines is 1. The monoisotopic (exact) mass is 429 g/mol. The molecule has 1 aliphatic carbocycles. The number of ether oxygens (including phenoxy) is 2. The van der Waals surface area contributed by atoms with Crippen LogP contribution in [0.15, 0.2) is 23.3 Å². The molecule has 1 aliphatic rings. The first-order valence-corrected chi connectivity index (χ1v) is 10.3. The molecular weight excluding hydrogens is 406 g/mol. The highest BCUT2D eigenvalue weighted by Gasteiger charge is 2.23. The van der Waals surface area contributed by atoms with Crippen LogP contribution in [0.4, 0.5) is 5.95 Å². The molecule has 3 aromatic rings. The largest absolute Gasteiger partial charge is 0.493 e. The van der Waals surface area contributed by atoms with Gasteiger partial charge >= 0.3 is 0 Å². The van der Waals surface area contributed by atoms with Crippen molar-refractivity contribution in [3.63, 3.8) is 0 Å². The van der Waals surface area contributed by atoms with Gasteiger partial charge in [0.05, 0.1) is 32.7 Å². The van der Waals surface area contributed by atoms with Gasteiger partial charge in [0.1, 0.15) is 10.5 Å². The topological polar surface area (TPSA) is 105 Å². The molecule has 0 saturated heterocycles. The molecule has 158 valence electrons. The smallest absolute Gasteiger partial charge is 0.223 e. The maximum Gasteiger partial charge on any atom is 0.223 e. The Kier molecular flexibility index (Phi) is 5.76. The summed E-state index contributed by atoms with van der Waals surface area (Å²) in [6.45, 7) is 0.365.